The van der Waals surface area contributed by atoms with Crippen molar-refractivity contribution in [2.45, 2.75) is 223 Å². The van der Waals surface area contributed by atoms with E-state index in [0.717, 1.165) is 64.2 Å². The van der Waals surface area contributed by atoms with Crippen molar-refractivity contribution in [3.8, 4) is 0 Å². The second-order valence-corrected chi connectivity index (χ2v) is 17.4. The van der Waals surface area contributed by atoms with Crippen LogP contribution in [-0.2, 0) is 32.7 Å². The van der Waals surface area contributed by atoms with Gasteiger partial charge in [0.1, 0.15) is 43.2 Å². The van der Waals surface area contributed by atoms with E-state index in [1.54, 1.807) is 0 Å². The molecule has 6 N–H and O–H groups in total. The molecule has 0 spiro atoms. The quantitative estimate of drug-likeness (QED) is 0.0113. The Labute approximate surface area is 355 Å². The molecule has 0 heterocycles. The Bertz CT molecular complexity index is 1160. The van der Waals surface area contributed by atoms with E-state index in [1.807, 2.05) is 6.08 Å². The lowest BCUT2D eigenvalue weighted by Gasteiger charge is -2.41. The van der Waals surface area contributed by atoms with Crippen LogP contribution in [0.25, 0.3) is 0 Å². The molecule has 1 saturated carbocycles. The number of aliphatic hydroxyl groups excluding tert-OH is 5. The number of hydrogen-bond acceptors (Lipinski definition) is 12. The highest BCUT2D eigenvalue weighted by molar-refractivity contribution is 7.47. The monoisotopic (exact) mass is 861 g/mol. The molecule has 344 valence electrons. The summed E-state index contributed by atoms with van der Waals surface area (Å²) in [5.41, 5.74) is 0. The third-order valence-electron chi connectivity index (χ3n) is 10.6. The topological polar surface area (TPSA) is 210 Å². The molecule has 1 fully saturated rings. The maximum atomic E-state index is 12.8. The average molecular weight is 861 g/mol. The fourth-order valence-corrected chi connectivity index (χ4v) is 7.88. The number of rotatable bonds is 38. The van der Waals surface area contributed by atoms with Gasteiger partial charge in [0.25, 0.3) is 0 Å². The van der Waals surface area contributed by atoms with Crippen LogP contribution in [0.3, 0.4) is 0 Å². The van der Waals surface area contributed by atoms with Gasteiger partial charge in [-0.2, -0.15) is 0 Å². The maximum absolute atomic E-state index is 12.8. The Morgan fingerprint density at radius 2 is 0.983 bits per heavy atom. The molecule has 0 amide bonds. The van der Waals surface area contributed by atoms with E-state index in [-0.39, 0.29) is 12.8 Å². The zero-order valence-electron chi connectivity index (χ0n) is 36.1. The molecule has 1 rings (SSSR count). The van der Waals surface area contributed by atoms with Gasteiger partial charge in [-0.15, -0.1) is 6.58 Å². The molecule has 8 atom stereocenters. The molecule has 14 heteroatoms. The lowest BCUT2D eigenvalue weighted by Crippen LogP contribution is -2.64. The predicted molar refractivity (Wildman–Crippen MR) is 230 cm³/mol. The summed E-state index contributed by atoms with van der Waals surface area (Å²) in [6.07, 6.45) is 25.2. The summed E-state index contributed by atoms with van der Waals surface area (Å²) >= 11 is 0. The number of phosphoric acid groups is 1. The Kier molecular flexibility index (Phi) is 33.3. The molecule has 0 aromatic heterocycles. The fourth-order valence-electron chi connectivity index (χ4n) is 6.91. The van der Waals surface area contributed by atoms with Crippen LogP contribution in [0.1, 0.15) is 180 Å². The third kappa shape index (κ3) is 28.3. The second-order valence-electron chi connectivity index (χ2n) is 16.0. The minimum Gasteiger partial charge on any atom is -0.462 e. The van der Waals surface area contributed by atoms with Crippen LogP contribution in [0.5, 0.6) is 0 Å². The summed E-state index contributed by atoms with van der Waals surface area (Å²) in [5.74, 6) is -1.12. The minimum atomic E-state index is -5.12. The van der Waals surface area contributed by atoms with Crippen LogP contribution in [0, 0.1) is 0 Å². The van der Waals surface area contributed by atoms with Gasteiger partial charge < -0.3 is 39.9 Å². The molecular weight excluding hydrogens is 779 g/mol. The van der Waals surface area contributed by atoms with E-state index in [0.29, 0.717) is 12.8 Å². The van der Waals surface area contributed by atoms with E-state index in [1.165, 1.54) is 83.5 Å². The molecule has 0 aliphatic heterocycles. The summed E-state index contributed by atoms with van der Waals surface area (Å²) < 4.78 is 33.5. The van der Waals surface area contributed by atoms with Crippen molar-refractivity contribution < 1.29 is 63.1 Å². The standard InChI is InChI=1S/C45H81O13P/c1-3-5-7-9-11-13-15-17-19-21-23-25-27-29-31-33-38(46)55-35-37(36-56-59(53,54)58-45-43(51)41(49)40(48)42(50)44(45)52)57-39(47)34-32-30-28-26-24-22-20-18-16-14-12-10-8-6-4-2/h3,14,16,18,20,37,40-45,48-52H,1,4-13,15,17,19,21-36H2,2H3,(H,53,54)/b16-14+,20-18+/t37-,40?,41-,42?,43?,44?,45?/m1/s1. The van der Waals surface area contributed by atoms with Crippen molar-refractivity contribution in [2.24, 2.45) is 0 Å². The zero-order valence-corrected chi connectivity index (χ0v) is 37.0. The second kappa shape index (κ2) is 35.6. The van der Waals surface area contributed by atoms with Crippen molar-refractivity contribution in [3.63, 3.8) is 0 Å². The van der Waals surface area contributed by atoms with E-state index < -0.39 is 75.7 Å². The number of carbonyl (C=O) groups is 2. The van der Waals surface area contributed by atoms with Gasteiger partial charge in [0.15, 0.2) is 6.10 Å². The Morgan fingerprint density at radius 3 is 1.46 bits per heavy atom. The summed E-state index contributed by atoms with van der Waals surface area (Å²) in [6, 6.07) is 0. The van der Waals surface area contributed by atoms with E-state index in [2.05, 4.69) is 37.8 Å². The lowest BCUT2D eigenvalue weighted by molar-refractivity contribution is -0.220. The van der Waals surface area contributed by atoms with Crippen molar-refractivity contribution in [2.75, 3.05) is 13.2 Å². The number of phosphoric ester groups is 1. The summed E-state index contributed by atoms with van der Waals surface area (Å²) in [6.45, 7) is 4.79. The lowest BCUT2D eigenvalue weighted by atomic mass is 9.85. The van der Waals surface area contributed by atoms with Gasteiger partial charge in [0.2, 0.25) is 0 Å². The van der Waals surface area contributed by atoms with Crippen molar-refractivity contribution in [3.05, 3.63) is 37.0 Å². The van der Waals surface area contributed by atoms with E-state index in [4.69, 9.17) is 18.5 Å². The average Bonchev–Trinajstić information content (AvgIpc) is 3.21. The van der Waals surface area contributed by atoms with Crippen LogP contribution in [0.15, 0.2) is 37.0 Å². The molecule has 0 aromatic rings. The number of carbonyl (C=O) groups excluding carboxylic acids is 2. The van der Waals surface area contributed by atoms with Crippen molar-refractivity contribution >= 4 is 19.8 Å². The van der Waals surface area contributed by atoms with Gasteiger partial charge in [0, 0.05) is 12.8 Å². The molecule has 0 radical (unpaired) electrons. The number of esters is 2. The molecule has 13 nitrogen and oxygen atoms in total. The van der Waals surface area contributed by atoms with Gasteiger partial charge in [0.05, 0.1) is 6.61 Å². The van der Waals surface area contributed by atoms with Gasteiger partial charge >= 0.3 is 19.8 Å². The Morgan fingerprint density at radius 1 is 0.576 bits per heavy atom. The number of allylic oxidation sites excluding steroid dienone is 5. The van der Waals surface area contributed by atoms with Crippen LogP contribution >= 0.6 is 7.82 Å². The maximum Gasteiger partial charge on any atom is 0.472 e. The molecule has 1 aliphatic rings. The summed E-state index contributed by atoms with van der Waals surface area (Å²) in [7, 11) is -5.12. The largest absolute Gasteiger partial charge is 0.472 e. The van der Waals surface area contributed by atoms with Crippen molar-refractivity contribution in [1.82, 2.24) is 0 Å². The molecule has 59 heavy (non-hydrogen) atoms. The predicted octanol–water partition coefficient (Wildman–Crippen LogP) is 8.61. The molecule has 1 aliphatic carbocycles. The van der Waals surface area contributed by atoms with Crippen LogP contribution in [0.2, 0.25) is 0 Å². The first-order valence-corrected chi connectivity index (χ1v) is 24.3. The summed E-state index contributed by atoms with van der Waals surface area (Å²) in [5, 5.41) is 50.1. The van der Waals surface area contributed by atoms with E-state index >= 15 is 0 Å². The van der Waals surface area contributed by atoms with Gasteiger partial charge in [-0.3, -0.25) is 18.6 Å². The zero-order chi connectivity index (χ0) is 43.6. The first-order chi connectivity index (χ1) is 28.4. The Balaban J connectivity index is 2.47. The highest BCUT2D eigenvalue weighted by Gasteiger charge is 2.51. The molecule has 6 unspecified atom stereocenters. The molecular formula is C45H81O13P. The number of ether oxygens (including phenoxy) is 2. The normalized spacial score (nSPS) is 22.4. The Hall–Kier alpha value is -1.93. The number of unbranched alkanes of at least 4 members (excludes halogenated alkanes) is 22. The summed E-state index contributed by atoms with van der Waals surface area (Å²) in [4.78, 5) is 35.7. The number of aliphatic hydroxyl groups is 5. The molecule has 0 aromatic carbocycles. The smallest absolute Gasteiger partial charge is 0.462 e. The van der Waals surface area contributed by atoms with Crippen LogP contribution < -0.4 is 0 Å². The van der Waals surface area contributed by atoms with Crippen molar-refractivity contribution in [1.29, 1.82) is 0 Å². The van der Waals surface area contributed by atoms with Gasteiger partial charge in [-0.05, 0) is 51.4 Å². The highest BCUT2D eigenvalue weighted by atomic mass is 31.2. The minimum absolute atomic E-state index is 0.0790. The SMILES string of the molecule is C=CCCCCCCCCCCCCCCCC(=O)OC[C@H](COP(=O)(O)OC1C(O)C(O)C(O)[C@@H](O)C1O)OC(=O)CCCCCCC/C=C/C=C/CCCCCC. The van der Waals surface area contributed by atoms with E-state index in [9.17, 15) is 44.6 Å². The van der Waals surface area contributed by atoms with Crippen LogP contribution in [-0.4, -0.2) is 98.3 Å². The number of hydrogen-bond donors (Lipinski definition) is 6. The fraction of sp³-hybridized carbons (Fsp3) is 0.822. The van der Waals surface area contributed by atoms with Crippen LogP contribution in [0.4, 0.5) is 0 Å². The molecule has 0 saturated heterocycles. The first kappa shape index (κ1) is 55.1. The first-order valence-electron chi connectivity index (χ1n) is 22.8. The highest BCUT2D eigenvalue weighted by Crippen LogP contribution is 2.47. The van der Waals surface area contributed by atoms with Gasteiger partial charge in [-0.1, -0.05) is 146 Å². The third-order valence-corrected chi connectivity index (χ3v) is 11.6. The van der Waals surface area contributed by atoms with Gasteiger partial charge in [-0.25, -0.2) is 4.57 Å². The molecule has 0 bridgehead atoms.